The first-order valence-corrected chi connectivity index (χ1v) is 9.48. The monoisotopic (exact) mass is 360 g/mol. The highest BCUT2D eigenvalue weighted by atomic mass is 16.2. The van der Waals surface area contributed by atoms with Gasteiger partial charge in [-0.2, -0.15) is 5.10 Å². The molecular formula is C22H24N4O. The standard InChI is InChI=1S/C22H24N4O/c23-18-10-7-14-25(15-13-18)22(27)21-16-20(17-8-3-1-4-9-17)24-26(21)19-11-5-2-6-12-19/h1-6,8-9,11-12,16,18H,7,10,13-15,23H2. The van der Waals surface area contributed by atoms with Gasteiger partial charge < -0.3 is 10.6 Å². The largest absolute Gasteiger partial charge is 0.337 e. The number of hydrogen-bond donors (Lipinski definition) is 1. The minimum absolute atomic E-state index is 0.0163. The molecule has 1 atom stereocenters. The number of para-hydroxylation sites is 1. The van der Waals surface area contributed by atoms with Gasteiger partial charge in [0.25, 0.3) is 5.91 Å². The summed E-state index contributed by atoms with van der Waals surface area (Å²) in [6.07, 6.45) is 2.76. The Hall–Kier alpha value is -2.92. The average molecular weight is 360 g/mol. The van der Waals surface area contributed by atoms with Crippen molar-refractivity contribution < 1.29 is 4.79 Å². The number of benzene rings is 2. The third-order valence-electron chi connectivity index (χ3n) is 5.06. The molecule has 2 heterocycles. The molecule has 5 nitrogen and oxygen atoms in total. The van der Waals surface area contributed by atoms with Crippen LogP contribution in [0.5, 0.6) is 0 Å². The Morgan fingerprint density at radius 2 is 1.67 bits per heavy atom. The number of rotatable bonds is 3. The minimum Gasteiger partial charge on any atom is -0.337 e. The highest BCUT2D eigenvalue weighted by Gasteiger charge is 2.24. The topological polar surface area (TPSA) is 64.2 Å². The maximum absolute atomic E-state index is 13.3. The van der Waals surface area contributed by atoms with Gasteiger partial charge in [-0.25, -0.2) is 4.68 Å². The molecule has 3 aromatic rings. The molecule has 4 rings (SSSR count). The zero-order chi connectivity index (χ0) is 18.6. The molecule has 1 aromatic heterocycles. The van der Waals surface area contributed by atoms with Gasteiger partial charge in [-0.05, 0) is 37.5 Å². The molecule has 1 saturated heterocycles. The van der Waals surface area contributed by atoms with Gasteiger partial charge >= 0.3 is 0 Å². The zero-order valence-electron chi connectivity index (χ0n) is 15.3. The lowest BCUT2D eigenvalue weighted by molar-refractivity contribution is 0.0752. The molecule has 2 N–H and O–H groups in total. The second-order valence-electron chi connectivity index (χ2n) is 7.01. The number of nitrogens with two attached hydrogens (primary N) is 1. The molecule has 5 heteroatoms. The fourth-order valence-corrected chi connectivity index (χ4v) is 3.54. The number of carbonyl (C=O) groups excluding carboxylic acids is 1. The van der Waals surface area contributed by atoms with Crippen LogP contribution in [0.3, 0.4) is 0 Å². The number of carbonyl (C=O) groups is 1. The van der Waals surface area contributed by atoms with Crippen molar-refractivity contribution in [1.29, 1.82) is 0 Å². The summed E-state index contributed by atoms with van der Waals surface area (Å²) in [7, 11) is 0. The van der Waals surface area contributed by atoms with E-state index in [2.05, 4.69) is 0 Å². The van der Waals surface area contributed by atoms with Crippen LogP contribution in [-0.4, -0.2) is 39.7 Å². The van der Waals surface area contributed by atoms with Crippen molar-refractivity contribution in [1.82, 2.24) is 14.7 Å². The maximum Gasteiger partial charge on any atom is 0.272 e. The van der Waals surface area contributed by atoms with E-state index in [9.17, 15) is 4.79 Å². The van der Waals surface area contributed by atoms with Crippen molar-refractivity contribution >= 4 is 5.91 Å². The van der Waals surface area contributed by atoms with Crippen LogP contribution in [0.15, 0.2) is 66.7 Å². The Kier molecular flexibility index (Phi) is 5.03. The Balaban J connectivity index is 1.74. The zero-order valence-corrected chi connectivity index (χ0v) is 15.3. The summed E-state index contributed by atoms with van der Waals surface area (Å²) in [6.45, 7) is 1.44. The van der Waals surface area contributed by atoms with E-state index in [4.69, 9.17) is 10.8 Å². The van der Waals surface area contributed by atoms with Crippen LogP contribution < -0.4 is 5.73 Å². The Morgan fingerprint density at radius 3 is 2.41 bits per heavy atom. The van der Waals surface area contributed by atoms with Gasteiger partial charge in [0.2, 0.25) is 0 Å². The number of hydrogen-bond acceptors (Lipinski definition) is 3. The van der Waals surface area contributed by atoms with Crippen LogP contribution in [0.2, 0.25) is 0 Å². The minimum atomic E-state index is 0.0163. The molecule has 0 saturated carbocycles. The number of nitrogens with zero attached hydrogens (tertiary/aromatic N) is 3. The fraction of sp³-hybridized carbons (Fsp3) is 0.273. The summed E-state index contributed by atoms with van der Waals surface area (Å²) in [6, 6.07) is 21.9. The van der Waals surface area contributed by atoms with E-state index in [1.54, 1.807) is 4.68 Å². The molecule has 1 amide bonds. The highest BCUT2D eigenvalue weighted by molar-refractivity contribution is 5.94. The number of aromatic nitrogens is 2. The van der Waals surface area contributed by atoms with E-state index in [1.807, 2.05) is 71.6 Å². The lowest BCUT2D eigenvalue weighted by Crippen LogP contribution is -2.34. The van der Waals surface area contributed by atoms with Gasteiger partial charge in [-0.15, -0.1) is 0 Å². The number of likely N-dealkylation sites (tertiary alicyclic amines) is 1. The molecule has 0 bridgehead atoms. The van der Waals surface area contributed by atoms with E-state index in [0.29, 0.717) is 12.2 Å². The van der Waals surface area contributed by atoms with E-state index in [0.717, 1.165) is 42.8 Å². The molecule has 1 unspecified atom stereocenters. The van der Waals surface area contributed by atoms with Gasteiger partial charge in [-0.1, -0.05) is 48.5 Å². The Morgan fingerprint density at radius 1 is 0.963 bits per heavy atom. The molecule has 1 aliphatic heterocycles. The lowest BCUT2D eigenvalue weighted by atomic mass is 10.1. The Bertz CT molecular complexity index is 905. The van der Waals surface area contributed by atoms with Crippen LogP contribution in [-0.2, 0) is 0 Å². The van der Waals surface area contributed by atoms with Crippen molar-refractivity contribution in [2.45, 2.75) is 25.3 Å². The van der Waals surface area contributed by atoms with Gasteiger partial charge in [0.1, 0.15) is 5.69 Å². The molecule has 0 aliphatic carbocycles. The molecule has 27 heavy (non-hydrogen) atoms. The second kappa shape index (κ2) is 7.76. The highest BCUT2D eigenvalue weighted by Crippen LogP contribution is 2.23. The van der Waals surface area contributed by atoms with Crippen LogP contribution in [0, 0.1) is 0 Å². The summed E-state index contributed by atoms with van der Waals surface area (Å²) in [5.41, 5.74) is 9.36. The van der Waals surface area contributed by atoms with Crippen LogP contribution in [0.25, 0.3) is 16.9 Å². The molecule has 138 valence electrons. The smallest absolute Gasteiger partial charge is 0.272 e. The van der Waals surface area contributed by atoms with Gasteiger partial charge in [-0.3, -0.25) is 4.79 Å². The molecular weight excluding hydrogens is 336 g/mol. The van der Waals surface area contributed by atoms with E-state index < -0.39 is 0 Å². The first-order valence-electron chi connectivity index (χ1n) is 9.48. The number of amides is 1. The maximum atomic E-state index is 13.3. The summed E-state index contributed by atoms with van der Waals surface area (Å²) < 4.78 is 1.76. The molecule has 1 fully saturated rings. The van der Waals surface area contributed by atoms with E-state index in [1.165, 1.54) is 0 Å². The second-order valence-corrected chi connectivity index (χ2v) is 7.01. The summed E-state index contributed by atoms with van der Waals surface area (Å²) in [5, 5.41) is 4.75. The summed E-state index contributed by atoms with van der Waals surface area (Å²) >= 11 is 0. The van der Waals surface area contributed by atoms with Crippen molar-refractivity contribution in [3.63, 3.8) is 0 Å². The molecule has 0 spiro atoms. The lowest BCUT2D eigenvalue weighted by Gasteiger charge is -2.20. The van der Waals surface area contributed by atoms with Crippen molar-refractivity contribution in [3.05, 3.63) is 72.4 Å². The average Bonchev–Trinajstić information content (AvgIpc) is 3.05. The van der Waals surface area contributed by atoms with Gasteiger partial charge in [0, 0.05) is 24.7 Å². The summed E-state index contributed by atoms with van der Waals surface area (Å²) in [4.78, 5) is 15.2. The fourth-order valence-electron chi connectivity index (χ4n) is 3.54. The third kappa shape index (κ3) is 3.78. The van der Waals surface area contributed by atoms with Crippen LogP contribution in [0.1, 0.15) is 29.8 Å². The van der Waals surface area contributed by atoms with E-state index in [-0.39, 0.29) is 11.9 Å². The third-order valence-corrected chi connectivity index (χ3v) is 5.06. The van der Waals surface area contributed by atoms with Crippen molar-refractivity contribution in [3.8, 4) is 16.9 Å². The molecule has 1 aliphatic rings. The Labute approximate surface area is 159 Å². The van der Waals surface area contributed by atoms with E-state index >= 15 is 0 Å². The quantitative estimate of drug-likeness (QED) is 0.778. The van der Waals surface area contributed by atoms with Gasteiger partial charge in [0.05, 0.1) is 11.4 Å². The first-order chi connectivity index (χ1) is 13.2. The molecule has 2 aromatic carbocycles. The van der Waals surface area contributed by atoms with Crippen molar-refractivity contribution in [2.75, 3.05) is 13.1 Å². The SMILES string of the molecule is NC1CCCN(C(=O)c2cc(-c3ccccc3)nn2-c2ccccc2)CC1. The first kappa shape index (κ1) is 17.5. The predicted octanol–water partition coefficient (Wildman–Crippen LogP) is 3.49. The van der Waals surface area contributed by atoms with Crippen LogP contribution in [0.4, 0.5) is 0 Å². The van der Waals surface area contributed by atoms with Gasteiger partial charge in [0.15, 0.2) is 0 Å². The van der Waals surface area contributed by atoms with Crippen LogP contribution >= 0.6 is 0 Å². The normalized spacial score (nSPS) is 17.5. The van der Waals surface area contributed by atoms with Crippen molar-refractivity contribution in [2.24, 2.45) is 5.73 Å². The predicted molar refractivity (Wildman–Crippen MR) is 107 cm³/mol. The molecule has 0 radical (unpaired) electrons. The summed E-state index contributed by atoms with van der Waals surface area (Å²) in [5.74, 6) is 0.0163.